The number of carbonyl (C=O) groups excluding carboxylic acids is 3. The maximum Gasteiger partial charge on any atom is 0.285 e. The van der Waals surface area contributed by atoms with Gasteiger partial charge >= 0.3 is 0 Å². The van der Waals surface area contributed by atoms with E-state index in [4.69, 9.17) is 4.74 Å². The zero-order valence-corrected chi connectivity index (χ0v) is 30.1. The van der Waals surface area contributed by atoms with Crippen molar-refractivity contribution in [3.8, 4) is 5.75 Å². The fraction of sp³-hybridized carbons (Fsp3) is 0.122. The number of allylic oxidation sites excluding steroid dienone is 4. The summed E-state index contributed by atoms with van der Waals surface area (Å²) in [6, 6.07) is 32.4. The van der Waals surface area contributed by atoms with Crippen LogP contribution in [0.3, 0.4) is 0 Å². The molecule has 0 bridgehead atoms. The Morgan fingerprint density at radius 3 is 2.24 bits per heavy atom. The van der Waals surface area contributed by atoms with Gasteiger partial charge in [0.05, 0.1) is 16.3 Å². The second-order valence-electron chi connectivity index (χ2n) is 11.3. The summed E-state index contributed by atoms with van der Waals surface area (Å²) < 4.78 is 6.67. The number of amides is 3. The van der Waals surface area contributed by atoms with Crippen LogP contribution in [-0.4, -0.2) is 33.5 Å². The Labute approximate surface area is 305 Å². The van der Waals surface area contributed by atoms with E-state index in [1.807, 2.05) is 91.9 Å². The Morgan fingerprint density at radius 2 is 1.64 bits per heavy atom. The lowest BCUT2D eigenvalue weighted by molar-refractivity contribution is -0.126. The normalized spacial score (nSPS) is 14.3. The van der Waals surface area contributed by atoms with Crippen LogP contribution in [-0.2, 0) is 21.0 Å². The molecule has 0 aromatic heterocycles. The van der Waals surface area contributed by atoms with Crippen LogP contribution in [0.5, 0.6) is 5.75 Å². The third-order valence-electron chi connectivity index (χ3n) is 7.69. The minimum atomic E-state index is -0.695. The molecule has 1 aliphatic heterocycles. The number of nitrogens with zero attached hydrogens (tertiary/aromatic N) is 2. The highest BCUT2D eigenvalue weighted by molar-refractivity contribution is 9.10. The fourth-order valence-electron chi connectivity index (χ4n) is 5.13. The summed E-state index contributed by atoms with van der Waals surface area (Å²) in [4.78, 5) is 46.5. The third kappa shape index (κ3) is 9.25. The second kappa shape index (κ2) is 17.4. The van der Waals surface area contributed by atoms with E-state index in [9.17, 15) is 14.4 Å². The summed E-state index contributed by atoms with van der Waals surface area (Å²) in [5.74, 6) is -0.992. The van der Waals surface area contributed by atoms with Crippen molar-refractivity contribution < 1.29 is 19.1 Å². The maximum absolute atomic E-state index is 14.0. The van der Waals surface area contributed by atoms with E-state index in [1.165, 1.54) is 16.5 Å². The number of hydrogen-bond acceptors (Lipinski definition) is 5. The van der Waals surface area contributed by atoms with E-state index in [0.717, 1.165) is 28.5 Å². The van der Waals surface area contributed by atoms with E-state index in [2.05, 4.69) is 32.8 Å². The first kappa shape index (κ1) is 36.0. The van der Waals surface area contributed by atoms with E-state index >= 15 is 0 Å². The van der Waals surface area contributed by atoms with Gasteiger partial charge < -0.3 is 10.1 Å². The van der Waals surface area contributed by atoms with Gasteiger partial charge in [0.25, 0.3) is 11.8 Å². The third-order valence-corrected chi connectivity index (χ3v) is 9.25. The van der Waals surface area contributed by atoms with Gasteiger partial charge in [-0.2, -0.15) is 4.99 Å². The molecule has 4 aromatic carbocycles. The Balaban J connectivity index is 1.36. The molecule has 0 fully saturated rings. The molecule has 50 heavy (non-hydrogen) atoms. The van der Waals surface area contributed by atoms with Crippen LogP contribution in [0.25, 0.3) is 6.08 Å². The molecule has 252 valence electrons. The average molecular weight is 747 g/mol. The fourth-order valence-corrected chi connectivity index (χ4v) is 6.45. The van der Waals surface area contributed by atoms with Gasteiger partial charge in [-0.15, -0.1) is 0 Å². The van der Waals surface area contributed by atoms with Crippen LogP contribution >= 0.6 is 27.7 Å². The minimum absolute atomic E-state index is 0.0791. The number of amidine groups is 1. The molecule has 0 saturated heterocycles. The zero-order valence-electron chi connectivity index (χ0n) is 27.7. The predicted molar refractivity (Wildman–Crippen MR) is 205 cm³/mol. The molecule has 7 nitrogen and oxygen atoms in total. The molecule has 1 heterocycles. The first-order valence-electron chi connectivity index (χ1n) is 15.9. The molecule has 3 amide bonds. The van der Waals surface area contributed by atoms with Gasteiger partial charge in [-0.05, 0) is 76.3 Å². The van der Waals surface area contributed by atoms with Crippen molar-refractivity contribution in [1.82, 2.24) is 10.2 Å². The number of carbonyl (C=O) groups is 3. The summed E-state index contributed by atoms with van der Waals surface area (Å²) in [5.41, 5.74) is 5.04. The van der Waals surface area contributed by atoms with Gasteiger partial charge in [0.15, 0.2) is 5.17 Å². The van der Waals surface area contributed by atoms with E-state index in [-0.39, 0.29) is 28.4 Å². The lowest BCUT2D eigenvalue weighted by atomic mass is 9.99. The quantitative estimate of drug-likeness (QED) is 0.0891. The first-order valence-corrected chi connectivity index (χ1v) is 17.7. The molecule has 1 aliphatic rings. The molecule has 4 aromatic rings. The summed E-state index contributed by atoms with van der Waals surface area (Å²) in [6.07, 6.45) is 8.22. The van der Waals surface area contributed by atoms with Crippen molar-refractivity contribution in [3.63, 3.8) is 0 Å². The second-order valence-corrected chi connectivity index (χ2v) is 13.1. The average Bonchev–Trinajstić information content (AvgIpc) is 3.13. The van der Waals surface area contributed by atoms with Gasteiger partial charge in [-0.3, -0.25) is 19.3 Å². The number of aliphatic imine (C=N–C) groups is 1. The highest BCUT2D eigenvalue weighted by Gasteiger charge is 2.35. The Morgan fingerprint density at radius 1 is 0.980 bits per heavy atom. The molecule has 0 aliphatic carbocycles. The van der Waals surface area contributed by atoms with E-state index < -0.39 is 11.8 Å². The smallest absolute Gasteiger partial charge is 0.285 e. The van der Waals surface area contributed by atoms with Crippen molar-refractivity contribution in [3.05, 3.63) is 178 Å². The topological polar surface area (TPSA) is 88.1 Å². The Hall–Kier alpha value is -5.25. The summed E-state index contributed by atoms with van der Waals surface area (Å²) in [7, 11) is 0. The maximum atomic E-state index is 14.0. The van der Waals surface area contributed by atoms with Crippen LogP contribution in [0, 0.1) is 6.92 Å². The largest absolute Gasteiger partial charge is 0.488 e. The molecule has 0 atom stereocenters. The van der Waals surface area contributed by atoms with Crippen LogP contribution in [0.2, 0.25) is 0 Å². The number of halogens is 1. The first-order chi connectivity index (χ1) is 24.3. The number of thioether (sulfide) groups is 1. The van der Waals surface area contributed by atoms with Crippen LogP contribution in [0.15, 0.2) is 155 Å². The van der Waals surface area contributed by atoms with Crippen molar-refractivity contribution in [2.45, 2.75) is 26.5 Å². The molecule has 9 heteroatoms. The standard InChI is InChI=1S/C41H36BrN3O4S/c1-4-6-17-33(5-2)45-40(48)34(24-30-22-23-36(35(42)25-30)49-26-29-20-18-28(3)19-21-29)39(47)44-41(45)50-27-37(46)43-38(31-13-9-7-10-14-31)32-15-11-8-12-16-32/h4-25,38H,1,26-27H2,2-3H3,(H,43,46)/b17-6-,33-5+,34-24+. The highest BCUT2D eigenvalue weighted by Crippen LogP contribution is 2.30. The van der Waals surface area contributed by atoms with E-state index in [0.29, 0.717) is 28.1 Å². The molecule has 0 unspecified atom stereocenters. The van der Waals surface area contributed by atoms with Crippen LogP contribution in [0.4, 0.5) is 0 Å². The SMILES string of the molecule is C=C/C=C\C(=C/C)N1C(=O)/C(=C/c2ccc(OCc3ccc(C)cc3)c(Br)c2)C(=O)N=C1SCC(=O)NC(c1ccccc1)c1ccccc1. The molecular formula is C41H36BrN3O4S. The van der Waals surface area contributed by atoms with Gasteiger partial charge in [-0.1, -0.05) is 133 Å². The number of hydrogen-bond donors (Lipinski definition) is 1. The van der Waals surface area contributed by atoms with Crippen molar-refractivity contribution in [1.29, 1.82) is 0 Å². The molecule has 0 saturated carbocycles. The highest BCUT2D eigenvalue weighted by atomic mass is 79.9. The molecule has 5 rings (SSSR count). The molecule has 0 radical (unpaired) electrons. The lowest BCUT2D eigenvalue weighted by Crippen LogP contribution is -2.42. The van der Waals surface area contributed by atoms with Crippen LogP contribution in [0.1, 0.15) is 40.8 Å². The van der Waals surface area contributed by atoms with Crippen molar-refractivity contribution in [2.24, 2.45) is 4.99 Å². The number of nitrogens with one attached hydrogen (secondary N) is 1. The predicted octanol–water partition coefficient (Wildman–Crippen LogP) is 8.73. The van der Waals surface area contributed by atoms with Crippen molar-refractivity contribution in [2.75, 3.05) is 5.75 Å². The number of aryl methyl sites for hydroxylation is 1. The summed E-state index contributed by atoms with van der Waals surface area (Å²) in [5, 5.41) is 3.21. The Kier molecular flexibility index (Phi) is 12.6. The van der Waals surface area contributed by atoms with Crippen LogP contribution < -0.4 is 10.1 Å². The summed E-state index contributed by atoms with van der Waals surface area (Å²) in [6.45, 7) is 7.94. The lowest BCUT2D eigenvalue weighted by Gasteiger charge is -2.28. The van der Waals surface area contributed by atoms with E-state index in [1.54, 1.807) is 49.4 Å². The van der Waals surface area contributed by atoms with Gasteiger partial charge in [0.2, 0.25) is 5.91 Å². The number of benzene rings is 4. The zero-order chi connectivity index (χ0) is 35.5. The molecule has 0 spiro atoms. The monoisotopic (exact) mass is 745 g/mol. The Bertz CT molecular complexity index is 1950. The van der Waals surface area contributed by atoms with Crippen molar-refractivity contribution >= 4 is 56.7 Å². The minimum Gasteiger partial charge on any atom is -0.488 e. The van der Waals surface area contributed by atoms with Gasteiger partial charge in [0.1, 0.15) is 17.9 Å². The number of ether oxygens (including phenoxy) is 1. The van der Waals surface area contributed by atoms with Gasteiger partial charge in [-0.25, -0.2) is 0 Å². The molecular weight excluding hydrogens is 710 g/mol. The molecule has 1 N–H and O–H groups in total. The summed E-state index contributed by atoms with van der Waals surface area (Å²) >= 11 is 4.58. The number of rotatable bonds is 12. The van der Waals surface area contributed by atoms with Gasteiger partial charge in [0, 0.05) is 5.70 Å².